The molecule has 2 N–H and O–H groups in total. The lowest BCUT2D eigenvalue weighted by Gasteiger charge is -2.30. The van der Waals surface area contributed by atoms with Gasteiger partial charge in [-0.3, -0.25) is 0 Å². The van der Waals surface area contributed by atoms with E-state index < -0.39 is 0 Å². The van der Waals surface area contributed by atoms with Gasteiger partial charge in [0.15, 0.2) is 11.5 Å². The van der Waals surface area contributed by atoms with Crippen molar-refractivity contribution in [1.29, 1.82) is 0 Å². The van der Waals surface area contributed by atoms with Crippen LogP contribution in [0.3, 0.4) is 0 Å². The van der Waals surface area contributed by atoms with E-state index in [2.05, 4.69) is 27.9 Å². The summed E-state index contributed by atoms with van der Waals surface area (Å²) in [6.45, 7) is 3.55. The highest BCUT2D eigenvalue weighted by Crippen LogP contribution is 2.36. The van der Waals surface area contributed by atoms with Crippen molar-refractivity contribution in [3.05, 3.63) is 22.2 Å². The minimum atomic E-state index is 0.0829. The fourth-order valence-corrected chi connectivity index (χ4v) is 2.78. The van der Waals surface area contributed by atoms with Crippen molar-refractivity contribution >= 4 is 15.9 Å². The maximum absolute atomic E-state index is 5.88. The van der Waals surface area contributed by atoms with E-state index in [4.69, 9.17) is 19.9 Å². The van der Waals surface area contributed by atoms with Gasteiger partial charge in [-0.25, -0.2) is 0 Å². The third-order valence-electron chi connectivity index (χ3n) is 3.28. The number of nitrogens with zero attached hydrogens (tertiary/aromatic N) is 1. The molecule has 1 atom stereocenters. The first kappa shape index (κ1) is 15.6. The molecule has 1 aromatic rings. The SMILES string of the molecule is COc1cc(CN)cc(Br)c1OCC1CN(C)CCO1. The Kier molecular flexibility index (Phi) is 5.65. The van der Waals surface area contributed by atoms with Crippen molar-refractivity contribution in [2.75, 3.05) is 40.5 Å². The second kappa shape index (κ2) is 7.26. The lowest BCUT2D eigenvalue weighted by atomic mass is 10.2. The van der Waals surface area contributed by atoms with Gasteiger partial charge in [0.25, 0.3) is 0 Å². The molecule has 1 aliphatic heterocycles. The molecule has 1 fully saturated rings. The molecular weight excluding hydrogens is 324 g/mol. The van der Waals surface area contributed by atoms with Crippen LogP contribution in [0.15, 0.2) is 16.6 Å². The maximum atomic E-state index is 5.88. The second-order valence-electron chi connectivity index (χ2n) is 4.88. The van der Waals surface area contributed by atoms with Crippen molar-refractivity contribution in [3.63, 3.8) is 0 Å². The van der Waals surface area contributed by atoms with Crippen LogP contribution in [-0.4, -0.2) is 51.5 Å². The van der Waals surface area contributed by atoms with Crippen molar-refractivity contribution in [2.45, 2.75) is 12.6 Å². The van der Waals surface area contributed by atoms with E-state index in [0.717, 1.165) is 29.7 Å². The minimum Gasteiger partial charge on any atom is -0.493 e. The fraction of sp³-hybridized carbons (Fsp3) is 0.571. The first-order chi connectivity index (χ1) is 9.63. The number of likely N-dealkylation sites (N-methyl/N-ethyl adjacent to an activating group) is 1. The van der Waals surface area contributed by atoms with Gasteiger partial charge in [0.1, 0.15) is 12.7 Å². The van der Waals surface area contributed by atoms with Crippen molar-refractivity contribution in [2.24, 2.45) is 5.73 Å². The Bertz CT molecular complexity index is 456. The van der Waals surface area contributed by atoms with Gasteiger partial charge >= 0.3 is 0 Å². The molecule has 1 aromatic carbocycles. The predicted octanol–water partition coefficient (Wildman–Crippen LogP) is 1.63. The molecule has 112 valence electrons. The van der Waals surface area contributed by atoms with Crippen LogP contribution in [0, 0.1) is 0 Å². The van der Waals surface area contributed by atoms with Gasteiger partial charge in [0.2, 0.25) is 0 Å². The second-order valence-corrected chi connectivity index (χ2v) is 5.73. The number of nitrogens with two attached hydrogens (primary N) is 1. The molecule has 6 heteroatoms. The molecule has 1 aliphatic rings. The van der Waals surface area contributed by atoms with Gasteiger partial charge in [-0.2, -0.15) is 0 Å². The zero-order chi connectivity index (χ0) is 14.5. The van der Waals surface area contributed by atoms with Gasteiger partial charge in [0.05, 0.1) is 18.2 Å². The zero-order valence-electron chi connectivity index (χ0n) is 11.9. The lowest BCUT2D eigenvalue weighted by molar-refractivity contribution is -0.0407. The highest BCUT2D eigenvalue weighted by molar-refractivity contribution is 9.10. The van der Waals surface area contributed by atoms with E-state index in [0.29, 0.717) is 24.7 Å². The smallest absolute Gasteiger partial charge is 0.175 e. The van der Waals surface area contributed by atoms with Gasteiger partial charge in [-0.05, 0) is 40.7 Å². The number of ether oxygens (including phenoxy) is 3. The molecular formula is C14H21BrN2O3. The third kappa shape index (κ3) is 3.85. The number of rotatable bonds is 5. The number of hydrogen-bond donors (Lipinski definition) is 1. The van der Waals surface area contributed by atoms with Crippen LogP contribution < -0.4 is 15.2 Å². The van der Waals surface area contributed by atoms with Crippen LogP contribution in [0.5, 0.6) is 11.5 Å². The van der Waals surface area contributed by atoms with Gasteiger partial charge in [-0.15, -0.1) is 0 Å². The summed E-state index contributed by atoms with van der Waals surface area (Å²) in [6, 6.07) is 3.85. The summed E-state index contributed by atoms with van der Waals surface area (Å²) in [5.74, 6) is 1.38. The summed E-state index contributed by atoms with van der Waals surface area (Å²) < 4.78 is 17.8. The quantitative estimate of drug-likeness (QED) is 0.879. The number of methoxy groups -OCH3 is 1. The number of hydrogen-bond acceptors (Lipinski definition) is 5. The van der Waals surface area contributed by atoms with Crippen LogP contribution in [0.2, 0.25) is 0 Å². The first-order valence-electron chi connectivity index (χ1n) is 6.63. The Morgan fingerprint density at radius 2 is 2.30 bits per heavy atom. The van der Waals surface area contributed by atoms with Crippen LogP contribution in [-0.2, 0) is 11.3 Å². The molecule has 0 saturated carbocycles. The average molecular weight is 345 g/mol. The van der Waals surface area contributed by atoms with E-state index >= 15 is 0 Å². The monoisotopic (exact) mass is 344 g/mol. The number of morpholine rings is 1. The van der Waals surface area contributed by atoms with Crippen molar-refractivity contribution < 1.29 is 14.2 Å². The Balaban J connectivity index is 2.04. The van der Waals surface area contributed by atoms with Crippen LogP contribution >= 0.6 is 15.9 Å². The maximum Gasteiger partial charge on any atom is 0.175 e. The Hall–Kier alpha value is -0.820. The summed E-state index contributed by atoms with van der Waals surface area (Å²) in [6.07, 6.45) is 0.0829. The molecule has 5 nitrogen and oxygen atoms in total. The Morgan fingerprint density at radius 3 is 2.95 bits per heavy atom. The van der Waals surface area contributed by atoms with E-state index in [1.165, 1.54) is 0 Å². The molecule has 0 aliphatic carbocycles. The molecule has 0 bridgehead atoms. The van der Waals surface area contributed by atoms with E-state index in [-0.39, 0.29) is 6.10 Å². The summed E-state index contributed by atoms with van der Waals surface area (Å²) in [7, 11) is 3.71. The average Bonchev–Trinajstić information content (AvgIpc) is 2.45. The molecule has 0 amide bonds. The third-order valence-corrected chi connectivity index (χ3v) is 3.87. The Morgan fingerprint density at radius 1 is 1.50 bits per heavy atom. The summed E-state index contributed by atoms with van der Waals surface area (Å²) in [5, 5.41) is 0. The lowest BCUT2D eigenvalue weighted by Crippen LogP contribution is -2.42. The van der Waals surface area contributed by atoms with Crippen molar-refractivity contribution in [3.8, 4) is 11.5 Å². The summed E-state index contributed by atoms with van der Waals surface area (Å²) >= 11 is 3.50. The molecule has 0 radical (unpaired) electrons. The standard InChI is InChI=1S/C14H21BrN2O3/c1-17-3-4-19-11(8-17)9-20-14-12(15)5-10(7-16)6-13(14)18-2/h5-6,11H,3-4,7-9,16H2,1-2H3. The zero-order valence-corrected chi connectivity index (χ0v) is 13.5. The molecule has 1 heterocycles. The number of halogens is 1. The van der Waals surface area contributed by atoms with E-state index in [1.807, 2.05) is 12.1 Å². The minimum absolute atomic E-state index is 0.0829. The van der Waals surface area contributed by atoms with E-state index in [1.54, 1.807) is 7.11 Å². The summed E-state index contributed by atoms with van der Waals surface area (Å²) in [4.78, 5) is 2.24. The topological polar surface area (TPSA) is 57.0 Å². The van der Waals surface area contributed by atoms with Crippen LogP contribution in [0.4, 0.5) is 0 Å². The van der Waals surface area contributed by atoms with Gasteiger partial charge < -0.3 is 24.8 Å². The molecule has 0 aromatic heterocycles. The highest BCUT2D eigenvalue weighted by Gasteiger charge is 2.20. The fourth-order valence-electron chi connectivity index (χ4n) is 2.18. The molecule has 20 heavy (non-hydrogen) atoms. The normalized spacial score (nSPS) is 19.9. The molecule has 1 saturated heterocycles. The van der Waals surface area contributed by atoms with Gasteiger partial charge in [0, 0.05) is 19.6 Å². The largest absolute Gasteiger partial charge is 0.493 e. The Labute approximate surface area is 128 Å². The van der Waals surface area contributed by atoms with Crippen molar-refractivity contribution in [1.82, 2.24) is 4.90 Å². The van der Waals surface area contributed by atoms with Gasteiger partial charge in [-0.1, -0.05) is 0 Å². The predicted molar refractivity (Wildman–Crippen MR) is 81.3 cm³/mol. The van der Waals surface area contributed by atoms with Crippen LogP contribution in [0.1, 0.15) is 5.56 Å². The first-order valence-corrected chi connectivity index (χ1v) is 7.42. The molecule has 1 unspecified atom stereocenters. The highest BCUT2D eigenvalue weighted by atomic mass is 79.9. The molecule has 2 rings (SSSR count). The van der Waals surface area contributed by atoms with E-state index in [9.17, 15) is 0 Å². The van der Waals surface area contributed by atoms with Crippen LogP contribution in [0.25, 0.3) is 0 Å². The molecule has 0 spiro atoms. The summed E-state index contributed by atoms with van der Waals surface area (Å²) in [5.41, 5.74) is 6.65. The number of benzene rings is 1.